The van der Waals surface area contributed by atoms with Gasteiger partial charge in [0.05, 0.1) is 5.69 Å². The van der Waals surface area contributed by atoms with E-state index in [1.165, 1.54) is 16.9 Å². The van der Waals surface area contributed by atoms with Crippen LogP contribution in [-0.4, -0.2) is 14.6 Å². The van der Waals surface area contributed by atoms with E-state index in [0.717, 1.165) is 22.2 Å². The summed E-state index contributed by atoms with van der Waals surface area (Å²) in [7, 11) is 0. The molecule has 3 rings (SSSR count). The third-order valence-electron chi connectivity index (χ3n) is 2.85. The van der Waals surface area contributed by atoms with Crippen molar-refractivity contribution < 1.29 is 4.74 Å². The first-order chi connectivity index (χ1) is 9.28. The monoisotopic (exact) mass is 274 g/mol. The zero-order valence-corrected chi connectivity index (χ0v) is 11.4. The third-order valence-corrected chi connectivity index (χ3v) is 3.72. The van der Waals surface area contributed by atoms with E-state index in [4.69, 9.17) is 10.5 Å². The Hall–Kier alpha value is -1.92. The van der Waals surface area contributed by atoms with E-state index in [1.807, 2.05) is 41.0 Å². The number of nitrogens with two attached hydrogens (primary N) is 1. The number of fused-ring (bicyclic) bond motifs is 1. The molecule has 2 aromatic heterocycles. The van der Waals surface area contributed by atoms with Crippen LogP contribution in [0.25, 0.3) is 4.96 Å². The molecule has 0 saturated heterocycles. The molecule has 0 aliphatic carbocycles. The van der Waals surface area contributed by atoms with Gasteiger partial charge in [0.25, 0.3) is 0 Å². The maximum Gasteiger partial charge on any atom is 0.216 e. The van der Waals surface area contributed by atoms with Crippen molar-refractivity contribution in [2.75, 3.05) is 0 Å². The Labute approximate surface area is 114 Å². The van der Waals surface area contributed by atoms with Gasteiger partial charge in [-0.3, -0.25) is 4.40 Å². The van der Waals surface area contributed by atoms with Crippen LogP contribution in [0.15, 0.2) is 29.6 Å². The number of ether oxygens (including phenoxy) is 1. The summed E-state index contributed by atoms with van der Waals surface area (Å²) in [5.41, 5.74) is 7.88. The van der Waals surface area contributed by atoms with Crippen LogP contribution in [-0.2, 0) is 13.2 Å². The van der Waals surface area contributed by atoms with Crippen molar-refractivity contribution in [3.63, 3.8) is 0 Å². The van der Waals surface area contributed by atoms with Crippen LogP contribution in [0.2, 0.25) is 0 Å². The molecule has 0 spiro atoms. The van der Waals surface area contributed by atoms with Gasteiger partial charge in [-0.15, -0.1) is 21.5 Å². The zero-order valence-electron chi connectivity index (χ0n) is 10.5. The number of nitrogens with zero attached hydrogens (tertiary/aromatic N) is 3. The summed E-state index contributed by atoms with van der Waals surface area (Å²) in [4.78, 5) is 0.850. The highest BCUT2D eigenvalue weighted by Gasteiger charge is 2.11. The van der Waals surface area contributed by atoms with Gasteiger partial charge in [0.15, 0.2) is 5.82 Å². The molecular formula is C13H14N4OS. The smallest absolute Gasteiger partial charge is 0.216 e. The van der Waals surface area contributed by atoms with Crippen LogP contribution in [0.5, 0.6) is 5.75 Å². The second-order valence-corrected chi connectivity index (χ2v) is 5.11. The Bertz CT molecular complexity index is 704. The summed E-state index contributed by atoms with van der Waals surface area (Å²) in [5.74, 6) is 1.61. The Morgan fingerprint density at radius 3 is 3.05 bits per heavy atom. The van der Waals surface area contributed by atoms with Crippen LogP contribution < -0.4 is 10.5 Å². The predicted molar refractivity (Wildman–Crippen MR) is 74.3 cm³/mol. The summed E-state index contributed by atoms with van der Waals surface area (Å²) < 4.78 is 7.71. The molecule has 98 valence electrons. The van der Waals surface area contributed by atoms with E-state index in [2.05, 4.69) is 10.2 Å². The van der Waals surface area contributed by atoms with Gasteiger partial charge < -0.3 is 10.5 Å². The van der Waals surface area contributed by atoms with E-state index < -0.39 is 0 Å². The molecule has 0 aliphatic heterocycles. The van der Waals surface area contributed by atoms with Gasteiger partial charge in [-0.25, -0.2) is 0 Å². The highest BCUT2D eigenvalue weighted by atomic mass is 32.1. The zero-order chi connectivity index (χ0) is 13.2. The highest BCUT2D eigenvalue weighted by Crippen LogP contribution is 2.18. The molecule has 0 aliphatic rings. The van der Waals surface area contributed by atoms with E-state index >= 15 is 0 Å². The summed E-state index contributed by atoms with van der Waals surface area (Å²) in [5, 5.41) is 10.3. The van der Waals surface area contributed by atoms with Gasteiger partial charge in [0, 0.05) is 11.9 Å². The molecule has 19 heavy (non-hydrogen) atoms. The fourth-order valence-corrected chi connectivity index (χ4v) is 2.78. The van der Waals surface area contributed by atoms with E-state index in [9.17, 15) is 0 Å². The topological polar surface area (TPSA) is 65.4 Å². The second-order valence-electron chi connectivity index (χ2n) is 4.27. The highest BCUT2D eigenvalue weighted by molar-refractivity contribution is 7.15. The Morgan fingerprint density at radius 2 is 2.26 bits per heavy atom. The molecule has 2 heterocycles. The first-order valence-corrected chi connectivity index (χ1v) is 6.86. The molecule has 5 nitrogen and oxygen atoms in total. The van der Waals surface area contributed by atoms with Crippen molar-refractivity contribution >= 4 is 16.3 Å². The number of aryl methyl sites for hydroxylation is 1. The Morgan fingerprint density at radius 1 is 1.37 bits per heavy atom. The third kappa shape index (κ3) is 2.32. The van der Waals surface area contributed by atoms with Crippen molar-refractivity contribution in [2.45, 2.75) is 20.1 Å². The van der Waals surface area contributed by atoms with Crippen molar-refractivity contribution in [3.05, 3.63) is 46.7 Å². The van der Waals surface area contributed by atoms with E-state index in [-0.39, 0.29) is 0 Å². The minimum atomic E-state index is 0.383. The van der Waals surface area contributed by atoms with Crippen LogP contribution in [0, 0.1) is 6.92 Å². The molecule has 0 fully saturated rings. The SMILES string of the molecule is Cc1cccc(OCc2nnc3scc(CN)n23)c1. The summed E-state index contributed by atoms with van der Waals surface area (Å²) in [6, 6.07) is 7.94. The lowest BCUT2D eigenvalue weighted by Crippen LogP contribution is -2.06. The average molecular weight is 274 g/mol. The average Bonchev–Trinajstić information content (AvgIpc) is 2.98. The molecule has 1 aromatic carbocycles. The van der Waals surface area contributed by atoms with Crippen LogP contribution in [0.1, 0.15) is 17.1 Å². The fourth-order valence-electron chi connectivity index (χ4n) is 1.92. The minimum Gasteiger partial charge on any atom is -0.486 e. The molecule has 0 radical (unpaired) electrons. The molecule has 0 bridgehead atoms. The maximum absolute atomic E-state index is 5.75. The molecule has 0 unspecified atom stereocenters. The number of aromatic nitrogens is 3. The van der Waals surface area contributed by atoms with Gasteiger partial charge in [-0.2, -0.15) is 0 Å². The number of rotatable bonds is 4. The molecular weight excluding hydrogens is 260 g/mol. The van der Waals surface area contributed by atoms with Crippen molar-refractivity contribution in [1.29, 1.82) is 0 Å². The van der Waals surface area contributed by atoms with Gasteiger partial charge in [-0.05, 0) is 24.6 Å². The Kier molecular flexibility index (Phi) is 3.18. The van der Waals surface area contributed by atoms with E-state index in [1.54, 1.807) is 0 Å². The Balaban J connectivity index is 1.83. The molecule has 2 N–H and O–H groups in total. The normalized spacial score (nSPS) is 11.1. The van der Waals surface area contributed by atoms with Gasteiger partial charge in [-0.1, -0.05) is 12.1 Å². The fraction of sp³-hybridized carbons (Fsp3) is 0.231. The number of hydrogen-bond donors (Lipinski definition) is 1. The first kappa shape index (κ1) is 12.1. The quantitative estimate of drug-likeness (QED) is 0.791. The largest absolute Gasteiger partial charge is 0.486 e. The second kappa shape index (κ2) is 4.99. The summed E-state index contributed by atoms with van der Waals surface area (Å²) in [6.45, 7) is 2.89. The van der Waals surface area contributed by atoms with E-state index in [0.29, 0.717) is 13.2 Å². The lowest BCUT2D eigenvalue weighted by atomic mass is 10.2. The predicted octanol–water partition coefficient (Wildman–Crippen LogP) is 2.14. The van der Waals surface area contributed by atoms with Gasteiger partial charge in [0.1, 0.15) is 12.4 Å². The minimum absolute atomic E-state index is 0.383. The lowest BCUT2D eigenvalue weighted by molar-refractivity contribution is 0.294. The van der Waals surface area contributed by atoms with Crippen molar-refractivity contribution in [2.24, 2.45) is 5.73 Å². The molecule has 0 atom stereocenters. The molecule has 6 heteroatoms. The lowest BCUT2D eigenvalue weighted by Gasteiger charge is -2.06. The first-order valence-electron chi connectivity index (χ1n) is 5.98. The van der Waals surface area contributed by atoms with Crippen molar-refractivity contribution in [1.82, 2.24) is 14.6 Å². The van der Waals surface area contributed by atoms with Gasteiger partial charge >= 0.3 is 0 Å². The van der Waals surface area contributed by atoms with Crippen molar-refractivity contribution in [3.8, 4) is 5.75 Å². The molecule has 0 saturated carbocycles. The summed E-state index contributed by atoms with van der Waals surface area (Å²) in [6.07, 6.45) is 0. The summed E-state index contributed by atoms with van der Waals surface area (Å²) >= 11 is 1.54. The molecule has 3 aromatic rings. The van der Waals surface area contributed by atoms with Crippen LogP contribution in [0.3, 0.4) is 0 Å². The maximum atomic E-state index is 5.75. The number of hydrogen-bond acceptors (Lipinski definition) is 5. The van der Waals surface area contributed by atoms with Crippen LogP contribution in [0.4, 0.5) is 0 Å². The standard InChI is InChI=1S/C13H14N4OS/c1-9-3-2-4-11(5-9)18-7-12-15-16-13-17(12)10(6-14)8-19-13/h2-5,8H,6-7,14H2,1H3. The molecule has 0 amide bonds. The number of benzene rings is 1. The van der Waals surface area contributed by atoms with Gasteiger partial charge in [0.2, 0.25) is 4.96 Å². The van der Waals surface area contributed by atoms with Crippen LogP contribution >= 0.6 is 11.3 Å². The number of thiazole rings is 1.